The van der Waals surface area contributed by atoms with Gasteiger partial charge in [0, 0.05) is 17.3 Å². The summed E-state index contributed by atoms with van der Waals surface area (Å²) in [6.07, 6.45) is 17.9. The molecule has 0 unspecified atom stereocenters. The van der Waals surface area contributed by atoms with E-state index >= 15 is 0 Å². The van der Waals surface area contributed by atoms with Crippen molar-refractivity contribution in [3.8, 4) is 5.75 Å². The molecule has 3 rings (SSSR count). The highest BCUT2D eigenvalue weighted by molar-refractivity contribution is 7.07. The summed E-state index contributed by atoms with van der Waals surface area (Å²) in [5, 5.41) is 8.17. The summed E-state index contributed by atoms with van der Waals surface area (Å²) in [7, 11) is 0. The van der Waals surface area contributed by atoms with E-state index in [2.05, 4.69) is 27.6 Å². The maximum atomic E-state index is 12.5. The minimum Gasteiger partial charge on any atom is -0.494 e. The molecule has 0 aliphatic carbocycles. The molecule has 0 saturated carbocycles. The Balaban J connectivity index is 1.27. The number of halogens is 1. The highest BCUT2D eigenvalue weighted by atomic mass is 35.5. The Morgan fingerprint density at radius 2 is 1.53 bits per heavy atom. The summed E-state index contributed by atoms with van der Waals surface area (Å²) in [6.45, 7) is 3.76. The van der Waals surface area contributed by atoms with Crippen LogP contribution >= 0.6 is 22.9 Å². The number of anilines is 2. The van der Waals surface area contributed by atoms with Gasteiger partial charge in [-0.15, -0.1) is 0 Å². The van der Waals surface area contributed by atoms with E-state index in [-0.39, 0.29) is 6.03 Å². The van der Waals surface area contributed by atoms with Gasteiger partial charge in [0.25, 0.3) is 0 Å². The zero-order valence-electron chi connectivity index (χ0n) is 22.7. The van der Waals surface area contributed by atoms with Crippen molar-refractivity contribution < 1.29 is 14.1 Å². The summed E-state index contributed by atoms with van der Waals surface area (Å²) < 4.78 is 7.99. The Morgan fingerprint density at radius 3 is 2.13 bits per heavy atom. The van der Waals surface area contributed by atoms with Crippen molar-refractivity contribution in [2.75, 3.05) is 17.2 Å². The van der Waals surface area contributed by atoms with Crippen molar-refractivity contribution in [3.63, 3.8) is 0 Å². The van der Waals surface area contributed by atoms with E-state index in [1.165, 1.54) is 76.2 Å². The molecule has 0 spiro atoms. The Kier molecular flexibility index (Phi) is 14.1. The van der Waals surface area contributed by atoms with Gasteiger partial charge in [-0.2, -0.15) is 4.57 Å². The van der Waals surface area contributed by atoms with Gasteiger partial charge in [-0.05, 0) is 30.7 Å². The zero-order chi connectivity index (χ0) is 26.8. The van der Waals surface area contributed by atoms with Crippen molar-refractivity contribution in [2.45, 2.75) is 90.5 Å². The van der Waals surface area contributed by atoms with Crippen molar-refractivity contribution in [3.05, 3.63) is 70.1 Å². The highest BCUT2D eigenvalue weighted by Crippen LogP contribution is 2.27. The second kappa shape index (κ2) is 17.8. The molecule has 0 aliphatic rings. The fourth-order valence-corrected chi connectivity index (χ4v) is 5.18. The number of carbonyl (C=O) groups is 1. The molecule has 2 N–H and O–H groups in total. The van der Waals surface area contributed by atoms with E-state index in [9.17, 15) is 4.79 Å². The van der Waals surface area contributed by atoms with Gasteiger partial charge in [0.15, 0.2) is 12.7 Å². The molecule has 1 heterocycles. The van der Waals surface area contributed by atoms with E-state index < -0.39 is 0 Å². The van der Waals surface area contributed by atoms with Gasteiger partial charge in [-0.25, -0.2) is 4.79 Å². The van der Waals surface area contributed by atoms with Crippen LogP contribution in [-0.4, -0.2) is 12.6 Å². The third kappa shape index (κ3) is 11.9. The summed E-state index contributed by atoms with van der Waals surface area (Å²) in [4.78, 5) is 12.5. The number of hydrogen-bond donors (Lipinski definition) is 2. The fraction of sp³-hybridized carbons (Fsp3) is 0.484. The molecule has 7 heteroatoms. The average Bonchev–Trinajstić information content (AvgIpc) is 3.42. The van der Waals surface area contributed by atoms with Crippen LogP contribution in [0, 0.1) is 0 Å². The maximum Gasteiger partial charge on any atom is 0.323 e. The topological polar surface area (TPSA) is 54.2 Å². The Labute approximate surface area is 237 Å². The quantitative estimate of drug-likeness (QED) is 0.121. The number of carbonyl (C=O) groups excluding carboxylic acids is 1. The SMILES string of the molecule is CCCCCCCCCCCCCCOc1ccc(NC(=O)Nc2ccc(C[n+]3ccsc3)cc2)c(Cl)c1. The third-order valence-electron chi connectivity index (χ3n) is 6.56. The minimum absolute atomic E-state index is 0.336. The molecule has 3 aromatic rings. The van der Waals surface area contributed by atoms with Gasteiger partial charge in [-0.3, -0.25) is 0 Å². The molecule has 206 valence electrons. The zero-order valence-corrected chi connectivity index (χ0v) is 24.3. The number of unbranched alkanes of at least 4 members (excludes halogenated alkanes) is 11. The van der Waals surface area contributed by atoms with Crippen LogP contribution in [0.15, 0.2) is 59.6 Å². The van der Waals surface area contributed by atoms with Gasteiger partial charge >= 0.3 is 6.03 Å². The van der Waals surface area contributed by atoms with E-state index in [0.29, 0.717) is 17.3 Å². The first-order valence-electron chi connectivity index (χ1n) is 14.1. The number of amides is 2. The third-order valence-corrected chi connectivity index (χ3v) is 7.54. The lowest BCUT2D eigenvalue weighted by molar-refractivity contribution is -0.683. The minimum atomic E-state index is -0.336. The van der Waals surface area contributed by atoms with Crippen molar-refractivity contribution in [1.82, 2.24) is 0 Å². The Morgan fingerprint density at radius 1 is 0.868 bits per heavy atom. The molecule has 2 amide bonds. The Hall–Kier alpha value is -2.57. The van der Waals surface area contributed by atoms with E-state index in [1.54, 1.807) is 23.5 Å². The summed E-state index contributed by atoms with van der Waals surface area (Å²) in [5.41, 5.74) is 4.51. The summed E-state index contributed by atoms with van der Waals surface area (Å²) >= 11 is 8.06. The van der Waals surface area contributed by atoms with Crippen LogP contribution in [0.2, 0.25) is 5.02 Å². The van der Waals surface area contributed by atoms with Crippen molar-refractivity contribution in [1.29, 1.82) is 0 Å². The molecular formula is C31H43ClN3O2S+. The molecular weight excluding hydrogens is 514 g/mol. The number of nitrogens with one attached hydrogen (secondary N) is 2. The molecule has 0 radical (unpaired) electrons. The number of benzene rings is 2. The molecule has 0 fully saturated rings. The molecule has 0 atom stereocenters. The number of ether oxygens (including phenoxy) is 1. The number of urea groups is 1. The van der Waals surface area contributed by atoms with Crippen LogP contribution in [0.4, 0.5) is 16.2 Å². The molecule has 0 bridgehead atoms. The molecule has 1 aromatic heterocycles. The number of nitrogens with zero attached hydrogens (tertiary/aromatic N) is 1. The number of hydrogen-bond acceptors (Lipinski definition) is 3. The normalized spacial score (nSPS) is 10.9. The largest absolute Gasteiger partial charge is 0.494 e. The monoisotopic (exact) mass is 556 g/mol. The van der Waals surface area contributed by atoms with Crippen LogP contribution in [0.25, 0.3) is 0 Å². The number of thiazole rings is 1. The van der Waals surface area contributed by atoms with Crippen LogP contribution in [0.1, 0.15) is 89.5 Å². The second-order valence-electron chi connectivity index (χ2n) is 9.85. The van der Waals surface area contributed by atoms with Crippen molar-refractivity contribution >= 4 is 40.3 Å². The lowest BCUT2D eigenvalue weighted by Gasteiger charge is -2.11. The summed E-state index contributed by atoms with van der Waals surface area (Å²) in [6, 6.07) is 12.9. The predicted molar refractivity (Wildman–Crippen MR) is 161 cm³/mol. The van der Waals surface area contributed by atoms with E-state index in [0.717, 1.165) is 24.4 Å². The molecule has 0 aliphatic heterocycles. The van der Waals surface area contributed by atoms with Gasteiger partial charge in [0.2, 0.25) is 5.51 Å². The first-order valence-corrected chi connectivity index (χ1v) is 15.5. The predicted octanol–water partition coefficient (Wildman–Crippen LogP) is 9.46. The van der Waals surface area contributed by atoms with E-state index in [4.69, 9.17) is 16.3 Å². The van der Waals surface area contributed by atoms with E-state index in [1.807, 2.05) is 41.9 Å². The lowest BCUT2D eigenvalue weighted by atomic mass is 10.1. The van der Waals surface area contributed by atoms with Crippen molar-refractivity contribution in [2.24, 2.45) is 0 Å². The van der Waals surface area contributed by atoms with Crippen LogP contribution < -0.4 is 19.9 Å². The number of aromatic nitrogens is 1. The first kappa shape index (κ1) is 30.0. The van der Waals surface area contributed by atoms with Crippen LogP contribution in [0.5, 0.6) is 5.75 Å². The highest BCUT2D eigenvalue weighted by Gasteiger charge is 2.09. The molecule has 5 nitrogen and oxygen atoms in total. The van der Waals surface area contributed by atoms with Gasteiger partial charge in [0.1, 0.15) is 5.75 Å². The first-order chi connectivity index (χ1) is 18.6. The molecule has 38 heavy (non-hydrogen) atoms. The average molecular weight is 557 g/mol. The van der Waals surface area contributed by atoms with Gasteiger partial charge in [-0.1, -0.05) is 113 Å². The second-order valence-corrected chi connectivity index (χ2v) is 11.0. The standard InChI is InChI=1S/C31H42ClN3O2S/c1-2-3-4-5-6-7-8-9-10-11-12-13-21-37-28-18-19-30(29(32)23-28)34-31(36)33-27-16-14-26(15-17-27)24-35-20-22-38-25-35/h14-20,22-23,25H,2-13,21,24H2,1H3,(H-,33,34,36)/p+1. The molecule has 2 aromatic carbocycles. The maximum absolute atomic E-state index is 12.5. The van der Waals surface area contributed by atoms with Gasteiger partial charge < -0.3 is 15.4 Å². The van der Waals surface area contributed by atoms with Gasteiger partial charge in [0.05, 0.1) is 22.7 Å². The smallest absolute Gasteiger partial charge is 0.323 e. The lowest BCUT2D eigenvalue weighted by Crippen LogP contribution is -2.30. The van der Waals surface area contributed by atoms with Crippen LogP contribution in [0.3, 0.4) is 0 Å². The fourth-order valence-electron chi connectivity index (χ4n) is 4.36. The van der Waals surface area contributed by atoms with Crippen LogP contribution in [-0.2, 0) is 6.54 Å². The Bertz CT molecular complexity index is 1060. The number of rotatable bonds is 18. The molecule has 0 saturated heterocycles. The summed E-state index contributed by atoms with van der Waals surface area (Å²) in [5.74, 6) is 0.725.